The van der Waals surface area contributed by atoms with E-state index in [0.29, 0.717) is 73.0 Å². The molecule has 788 valence electrons. The molecule has 0 aliphatic carbocycles. The van der Waals surface area contributed by atoms with Crippen molar-refractivity contribution >= 4 is 66.2 Å². The van der Waals surface area contributed by atoms with Gasteiger partial charge in [-0.05, 0) is 211 Å². The maximum atomic E-state index is 11.7. The Hall–Kier alpha value is -9.16. The van der Waals surface area contributed by atoms with E-state index >= 15 is 0 Å². The van der Waals surface area contributed by atoms with Gasteiger partial charge in [0.15, 0.2) is 23.1 Å². The largest absolute Gasteiger partial charge is 0.512 e. The summed E-state index contributed by atoms with van der Waals surface area (Å²) in [5, 5.41) is 47.7. The van der Waals surface area contributed by atoms with Crippen molar-refractivity contribution in [1.29, 1.82) is 0 Å². The van der Waals surface area contributed by atoms with Crippen LogP contribution in [0.5, 0.6) is 0 Å². The first-order valence-electron chi connectivity index (χ1n) is 51.4. The summed E-state index contributed by atoms with van der Waals surface area (Å²) in [4.78, 5) is 64.0. The predicted molar refractivity (Wildman–Crippen MR) is 595 cm³/mol. The number of carbonyl (C=O) groups excluding carboxylic acids is 4. The van der Waals surface area contributed by atoms with Crippen molar-refractivity contribution in [1.82, 2.24) is 19.9 Å². The number of aliphatic hydroxyl groups is 4. The number of ketones is 4. The van der Waals surface area contributed by atoms with E-state index < -0.39 is 0 Å². The average Bonchev–Trinajstić information content (AvgIpc) is 0.790. The monoisotopic (exact) mass is 2660 g/mol. The fourth-order valence-corrected chi connectivity index (χ4v) is 16.6. The zero-order chi connectivity index (χ0) is 104. The normalized spacial score (nSPS) is 11.8. The molecule has 0 saturated heterocycles. The number of hydrogen-bond acceptors (Lipinski definition) is 12. The van der Waals surface area contributed by atoms with Crippen LogP contribution in [0.4, 0.5) is 0 Å². The number of aryl methyl sites for hydroxylation is 8. The van der Waals surface area contributed by atoms with E-state index in [1.165, 1.54) is 112 Å². The standard InChI is InChI=1S/2C21H22N.2C20H20N.C13H24O2.3C11H20O2.4Ir/c1-14(2)9-17-5-6-20-18(13-17)7-8-22-21(20)19-11-15(3)10-16(4)12-19;1-14(2)9-17-5-6-18-7-8-22-21(20(18)13-17)19-11-15(3)10-16(4)12-19;2*1-13(2)16-5-6-19-17(12-16)7-8-21-20(19)18-10-14(3)9-15(4)11-18;1-5-10(6-2)12(14)9-13(15)11(7-3)8-4;2*1-8(2)5-10(12)7-11(13)6-9(3)4;1-5-8(3)10(12)7-11(13)9(4)6-2;;;;/h2*5-8,10-11,13-14H,9H2,1-4H3;2*5-10,12-13H,1-4H3;9-11,14H,5-8H2,1-4H3;3*7-9,12H,5-6H2,1-4H3;;;;/q4*-1;;;;;;;;. The molecule has 12 aromatic rings. The van der Waals surface area contributed by atoms with Crippen molar-refractivity contribution in [3.63, 3.8) is 0 Å². The van der Waals surface area contributed by atoms with Crippen LogP contribution in [-0.2, 0) is 112 Å². The molecule has 0 fully saturated rings. The van der Waals surface area contributed by atoms with Crippen molar-refractivity contribution in [2.45, 2.75) is 310 Å². The second-order valence-corrected chi connectivity index (χ2v) is 41.4. The minimum absolute atomic E-state index is 0. The van der Waals surface area contributed by atoms with Crippen LogP contribution in [0, 0.1) is 139 Å². The summed E-state index contributed by atoms with van der Waals surface area (Å²) in [5.41, 5.74) is 23.6. The summed E-state index contributed by atoms with van der Waals surface area (Å²) in [6.07, 6.45) is 22.7. The number of aliphatic hydroxyl groups excluding tert-OH is 4. The molecule has 0 bridgehead atoms. The SMILES string of the molecule is CC(C)CC(=O)C=C(O)CC(C)C.CC(C)CC(=O)C=C(O)CC(C)C.CCC(C)C(=O)C=C(O)C(C)CC.CCC(CC)C(=O)C=C(O)C(CC)CC.Cc1[c-]c(-c2nccc3cc(C(C)C)ccc23)cc(C)c1.Cc1[c-]c(-c2nccc3cc(C(C)C)ccc23)cc(C)c1.Cc1[c-]c(-c2nccc3cc(CC(C)C)ccc23)cc(C)c1.Cc1[c-]c(-c2nccc3ccc(CC(C)C)cc23)cc(C)c1.[Ir].[Ir].[Ir].[Ir]. The minimum Gasteiger partial charge on any atom is -0.512 e. The van der Waals surface area contributed by atoms with Gasteiger partial charge in [-0.2, -0.15) is 0 Å². The number of pyridine rings is 4. The molecule has 0 saturated carbocycles. The molecule has 4 aromatic heterocycles. The van der Waals surface area contributed by atoms with Gasteiger partial charge in [0.25, 0.3) is 0 Å². The number of carbonyl (C=O) groups is 4. The molecule has 0 aliphatic rings. The van der Waals surface area contributed by atoms with Gasteiger partial charge >= 0.3 is 0 Å². The number of allylic oxidation sites excluding steroid dienone is 8. The Labute approximate surface area is 921 Å². The van der Waals surface area contributed by atoms with E-state index in [2.05, 4.69) is 301 Å². The number of rotatable bonds is 32. The van der Waals surface area contributed by atoms with Gasteiger partial charge in [0, 0.05) is 179 Å². The van der Waals surface area contributed by atoms with Gasteiger partial charge in [-0.15, -0.1) is 140 Å². The van der Waals surface area contributed by atoms with Gasteiger partial charge in [-0.3, -0.25) is 19.2 Å². The van der Waals surface area contributed by atoms with Crippen molar-refractivity contribution in [2.24, 2.45) is 59.2 Å². The first kappa shape index (κ1) is 133. The number of hydrogen-bond donors (Lipinski definition) is 4. The molecule has 16 heteroatoms. The Morgan fingerprint density at radius 3 is 0.896 bits per heavy atom. The molecule has 4 N–H and O–H groups in total. The van der Waals surface area contributed by atoms with Crippen molar-refractivity contribution in [2.75, 3.05) is 0 Å². The molecule has 4 radical (unpaired) electrons. The van der Waals surface area contributed by atoms with Gasteiger partial charge in [-0.1, -0.05) is 294 Å². The summed E-state index contributed by atoms with van der Waals surface area (Å²) in [6, 6.07) is 66.2. The van der Waals surface area contributed by atoms with E-state index in [9.17, 15) is 39.6 Å². The van der Waals surface area contributed by atoms with Crippen LogP contribution in [0.15, 0.2) is 218 Å². The van der Waals surface area contributed by atoms with Crippen LogP contribution in [-0.4, -0.2) is 63.5 Å². The quantitative estimate of drug-likeness (QED) is 0.0177. The average molecular weight is 2660 g/mol. The summed E-state index contributed by atoms with van der Waals surface area (Å²) < 4.78 is 0. The maximum absolute atomic E-state index is 11.7. The molecule has 0 spiro atoms. The van der Waals surface area contributed by atoms with Crippen molar-refractivity contribution in [3.05, 3.63) is 309 Å². The second kappa shape index (κ2) is 67.7. The molecule has 144 heavy (non-hydrogen) atoms. The van der Waals surface area contributed by atoms with Crippen molar-refractivity contribution < 1.29 is 120 Å². The molecule has 12 rings (SSSR count). The number of nitrogens with zero attached hydrogens (tertiary/aromatic N) is 4. The van der Waals surface area contributed by atoms with Crippen LogP contribution in [0.2, 0.25) is 0 Å². The number of aromatic nitrogens is 4. The Morgan fingerprint density at radius 2 is 0.590 bits per heavy atom. The summed E-state index contributed by atoms with van der Waals surface area (Å²) in [5.74, 6) is 5.27. The topological polar surface area (TPSA) is 201 Å². The maximum Gasteiger partial charge on any atom is 0.162 e. The minimum atomic E-state index is 0. The van der Waals surface area contributed by atoms with Gasteiger partial charge in [0.1, 0.15) is 0 Å². The molecule has 0 amide bonds. The molecular formula is C128H168Ir4N4O8-4. The Morgan fingerprint density at radius 1 is 0.292 bits per heavy atom. The van der Waals surface area contributed by atoms with E-state index in [1.807, 2.05) is 136 Å². The smallest absolute Gasteiger partial charge is 0.162 e. The Kier molecular flexibility index (Phi) is 62.4. The zero-order valence-electron chi connectivity index (χ0n) is 92.4. The van der Waals surface area contributed by atoms with E-state index in [4.69, 9.17) is 0 Å². The molecule has 4 heterocycles. The van der Waals surface area contributed by atoms with Crippen LogP contribution in [0.3, 0.4) is 0 Å². The van der Waals surface area contributed by atoms with Gasteiger partial charge in [0.05, 0.1) is 23.0 Å². The Balaban J connectivity index is 0.000000829. The van der Waals surface area contributed by atoms with Gasteiger partial charge in [0.2, 0.25) is 0 Å². The fraction of sp³-hybridized carbons (Fsp3) is 0.438. The van der Waals surface area contributed by atoms with Gasteiger partial charge in [-0.25, -0.2) is 0 Å². The zero-order valence-corrected chi connectivity index (χ0v) is 102. The van der Waals surface area contributed by atoms with Crippen LogP contribution in [0.1, 0.15) is 309 Å². The number of fused-ring (bicyclic) bond motifs is 4. The summed E-state index contributed by atoms with van der Waals surface area (Å²) in [7, 11) is 0. The third-order valence-electron chi connectivity index (χ3n) is 24.2. The molecule has 2 unspecified atom stereocenters. The van der Waals surface area contributed by atoms with Crippen molar-refractivity contribution in [3.8, 4) is 45.0 Å². The van der Waals surface area contributed by atoms with E-state index in [-0.39, 0.29) is 150 Å². The first-order chi connectivity index (χ1) is 66.1. The van der Waals surface area contributed by atoms with Crippen LogP contribution < -0.4 is 0 Å². The van der Waals surface area contributed by atoms with Crippen LogP contribution >= 0.6 is 0 Å². The molecule has 12 nitrogen and oxygen atoms in total. The second-order valence-electron chi connectivity index (χ2n) is 41.4. The summed E-state index contributed by atoms with van der Waals surface area (Å²) >= 11 is 0. The van der Waals surface area contributed by atoms with Gasteiger partial charge < -0.3 is 40.4 Å². The predicted octanol–water partition coefficient (Wildman–Crippen LogP) is 35.0. The van der Waals surface area contributed by atoms with E-state index in [0.717, 1.165) is 119 Å². The molecule has 8 aromatic carbocycles. The van der Waals surface area contributed by atoms with Crippen LogP contribution in [0.25, 0.3) is 88.1 Å². The molecule has 0 aliphatic heterocycles. The third kappa shape index (κ3) is 46.5. The first-order valence-corrected chi connectivity index (χ1v) is 51.4. The third-order valence-corrected chi connectivity index (χ3v) is 24.2. The fourth-order valence-electron chi connectivity index (χ4n) is 16.6. The summed E-state index contributed by atoms with van der Waals surface area (Å²) in [6.45, 7) is 66.6. The Bertz CT molecular complexity index is 5860. The molecule has 2 atom stereocenters. The van der Waals surface area contributed by atoms with E-state index in [1.54, 1.807) is 0 Å². The molecular weight excluding hydrogens is 2490 g/mol. The number of benzene rings is 8.